The minimum absolute atomic E-state index is 0.0553. The number of nitrogens with one attached hydrogen (secondary N) is 1. The molecule has 0 saturated carbocycles. The molecule has 0 unspecified atom stereocenters. The number of benzene rings is 2. The summed E-state index contributed by atoms with van der Waals surface area (Å²) in [5.41, 5.74) is 1.28. The SMILES string of the molecule is O=C(O)/C(=C/c1ccc(-c2ccc([N+](=O)[O-])cc2Br)o1)Sc1n[nH]c(-c2ccc(Cl)cc2)n1. The number of aliphatic carboxylic acids is 1. The van der Waals surface area contributed by atoms with Crippen LogP contribution in [0.25, 0.3) is 28.8 Å². The zero-order chi connectivity index (χ0) is 23.5. The molecule has 0 spiro atoms. The highest BCUT2D eigenvalue weighted by atomic mass is 79.9. The normalized spacial score (nSPS) is 11.5. The van der Waals surface area contributed by atoms with Crippen LogP contribution in [0.4, 0.5) is 5.69 Å². The number of halogens is 2. The van der Waals surface area contributed by atoms with Gasteiger partial charge < -0.3 is 9.52 Å². The fourth-order valence-electron chi connectivity index (χ4n) is 2.78. The monoisotopic (exact) mass is 546 g/mol. The van der Waals surface area contributed by atoms with Gasteiger partial charge in [0, 0.05) is 38.8 Å². The maximum atomic E-state index is 11.8. The zero-order valence-electron chi connectivity index (χ0n) is 16.4. The lowest BCUT2D eigenvalue weighted by atomic mass is 10.1. The molecule has 2 aromatic carbocycles. The molecular formula is C21H12BrClN4O5S. The van der Waals surface area contributed by atoms with Crippen molar-refractivity contribution in [2.75, 3.05) is 0 Å². The molecule has 2 N–H and O–H groups in total. The van der Waals surface area contributed by atoms with Crippen molar-refractivity contribution in [3.05, 3.63) is 84.9 Å². The Hall–Kier alpha value is -3.41. The van der Waals surface area contributed by atoms with Gasteiger partial charge in [-0.25, -0.2) is 9.78 Å². The van der Waals surface area contributed by atoms with Crippen LogP contribution in [0, 0.1) is 10.1 Å². The minimum Gasteiger partial charge on any atom is -0.477 e. The number of carbonyl (C=O) groups is 1. The number of carboxylic acid groups (broad SMARTS) is 1. The number of furan rings is 1. The second kappa shape index (κ2) is 9.61. The molecule has 0 bridgehead atoms. The predicted octanol–water partition coefficient (Wildman–Crippen LogP) is 6.27. The van der Waals surface area contributed by atoms with Crippen LogP contribution >= 0.6 is 39.3 Å². The number of hydrogen-bond donors (Lipinski definition) is 2. The van der Waals surface area contributed by atoms with Crippen LogP contribution in [0.3, 0.4) is 0 Å². The Balaban J connectivity index is 1.56. The van der Waals surface area contributed by atoms with E-state index in [1.165, 1.54) is 18.2 Å². The number of carboxylic acids is 1. The van der Waals surface area contributed by atoms with Crippen LogP contribution < -0.4 is 0 Å². The van der Waals surface area contributed by atoms with E-state index in [0.717, 1.165) is 17.3 Å². The van der Waals surface area contributed by atoms with E-state index in [4.69, 9.17) is 16.0 Å². The summed E-state index contributed by atoms with van der Waals surface area (Å²) < 4.78 is 6.22. The number of aromatic amines is 1. The van der Waals surface area contributed by atoms with Crippen molar-refractivity contribution in [2.24, 2.45) is 0 Å². The van der Waals surface area contributed by atoms with E-state index in [9.17, 15) is 20.0 Å². The van der Waals surface area contributed by atoms with E-state index >= 15 is 0 Å². The van der Waals surface area contributed by atoms with Gasteiger partial charge in [-0.1, -0.05) is 11.6 Å². The predicted molar refractivity (Wildman–Crippen MR) is 127 cm³/mol. The Labute approximate surface area is 203 Å². The molecule has 0 radical (unpaired) electrons. The lowest BCUT2D eigenvalue weighted by Gasteiger charge is -2.01. The van der Waals surface area contributed by atoms with Crippen LogP contribution in [-0.2, 0) is 4.79 Å². The third kappa shape index (κ3) is 5.33. The molecule has 9 nitrogen and oxygen atoms in total. The molecule has 2 aromatic heterocycles. The van der Waals surface area contributed by atoms with Gasteiger partial charge in [0.05, 0.1) is 4.92 Å². The quantitative estimate of drug-likeness (QED) is 0.120. The Morgan fingerprint density at radius 2 is 1.97 bits per heavy atom. The fourth-order valence-corrected chi connectivity index (χ4v) is 4.16. The van der Waals surface area contributed by atoms with Gasteiger partial charge in [0.1, 0.15) is 16.4 Å². The van der Waals surface area contributed by atoms with Gasteiger partial charge in [0.15, 0.2) is 5.82 Å². The average Bonchev–Trinajstić information content (AvgIpc) is 3.43. The Kier molecular flexibility index (Phi) is 6.63. The molecule has 4 rings (SSSR count). The van der Waals surface area contributed by atoms with Gasteiger partial charge in [-0.2, -0.15) is 0 Å². The summed E-state index contributed by atoms with van der Waals surface area (Å²) in [7, 11) is 0. The highest BCUT2D eigenvalue weighted by molar-refractivity contribution is 9.10. The maximum Gasteiger partial charge on any atom is 0.342 e. The molecule has 4 aromatic rings. The van der Waals surface area contributed by atoms with Crippen molar-refractivity contribution in [1.29, 1.82) is 0 Å². The van der Waals surface area contributed by atoms with Crippen molar-refractivity contribution >= 4 is 57.0 Å². The van der Waals surface area contributed by atoms with Crippen LogP contribution in [0.1, 0.15) is 5.76 Å². The van der Waals surface area contributed by atoms with Crippen LogP contribution in [0.2, 0.25) is 5.02 Å². The van der Waals surface area contributed by atoms with Gasteiger partial charge in [-0.3, -0.25) is 15.2 Å². The largest absolute Gasteiger partial charge is 0.477 e. The van der Waals surface area contributed by atoms with Crippen LogP contribution in [-0.4, -0.2) is 31.2 Å². The standard InChI is InChI=1S/C21H12BrClN4O5S/c22-16-9-13(27(30)31)5-7-15(16)17-8-6-14(32-17)10-18(20(28)29)33-21-24-19(25-26-21)11-1-3-12(23)4-2-11/h1-10H,(H,28,29)(H,24,25,26)/b18-10-. The molecule has 0 atom stereocenters. The van der Waals surface area contributed by atoms with Crippen molar-refractivity contribution < 1.29 is 19.2 Å². The molecule has 0 fully saturated rings. The number of nitrogens with zero attached hydrogens (tertiary/aromatic N) is 3. The summed E-state index contributed by atoms with van der Waals surface area (Å²) in [6.07, 6.45) is 1.36. The average molecular weight is 548 g/mol. The van der Waals surface area contributed by atoms with E-state index in [-0.39, 0.29) is 21.5 Å². The molecule has 166 valence electrons. The summed E-state index contributed by atoms with van der Waals surface area (Å²) in [6, 6.07) is 14.5. The molecular weight excluding hydrogens is 536 g/mol. The number of hydrogen-bond acceptors (Lipinski definition) is 7. The van der Waals surface area contributed by atoms with Crippen molar-refractivity contribution in [1.82, 2.24) is 15.2 Å². The third-order valence-electron chi connectivity index (χ3n) is 4.32. The topological polar surface area (TPSA) is 135 Å². The number of rotatable bonds is 7. The lowest BCUT2D eigenvalue weighted by Crippen LogP contribution is -1.97. The van der Waals surface area contributed by atoms with Gasteiger partial charge in [0.25, 0.3) is 5.69 Å². The van der Waals surface area contributed by atoms with E-state index < -0.39 is 10.9 Å². The molecule has 0 aliphatic carbocycles. The van der Waals surface area contributed by atoms with E-state index in [1.54, 1.807) is 42.5 Å². The number of thioether (sulfide) groups is 1. The summed E-state index contributed by atoms with van der Waals surface area (Å²) in [4.78, 5) is 26.5. The highest BCUT2D eigenvalue weighted by Gasteiger charge is 2.17. The third-order valence-corrected chi connectivity index (χ3v) is 6.11. The molecule has 0 aliphatic rings. The van der Waals surface area contributed by atoms with E-state index in [2.05, 4.69) is 31.1 Å². The van der Waals surface area contributed by atoms with Crippen LogP contribution in [0.15, 0.2) is 73.5 Å². The second-order valence-corrected chi connectivity index (χ2v) is 8.81. The van der Waals surface area contributed by atoms with Crippen molar-refractivity contribution in [3.63, 3.8) is 0 Å². The molecule has 12 heteroatoms. The fraction of sp³-hybridized carbons (Fsp3) is 0. The number of H-pyrrole nitrogens is 1. The van der Waals surface area contributed by atoms with Gasteiger partial charge in [-0.15, -0.1) is 5.10 Å². The summed E-state index contributed by atoms with van der Waals surface area (Å²) >= 11 is 10.1. The molecule has 0 saturated heterocycles. The van der Waals surface area contributed by atoms with E-state index in [0.29, 0.717) is 26.6 Å². The number of nitro benzene ring substituents is 1. The number of nitro groups is 1. The smallest absolute Gasteiger partial charge is 0.342 e. The Morgan fingerprint density at radius 1 is 1.21 bits per heavy atom. The first-order valence-corrected chi connectivity index (χ1v) is 11.1. The summed E-state index contributed by atoms with van der Waals surface area (Å²) in [6.45, 7) is 0. The van der Waals surface area contributed by atoms with E-state index in [1.807, 2.05) is 0 Å². The van der Waals surface area contributed by atoms with Gasteiger partial charge >= 0.3 is 5.97 Å². The van der Waals surface area contributed by atoms with Gasteiger partial charge in [0.2, 0.25) is 5.16 Å². The van der Waals surface area contributed by atoms with Crippen molar-refractivity contribution in [2.45, 2.75) is 5.16 Å². The molecule has 2 heterocycles. The molecule has 0 amide bonds. The first kappa shape index (κ1) is 22.8. The molecule has 33 heavy (non-hydrogen) atoms. The second-order valence-electron chi connectivity index (χ2n) is 6.51. The summed E-state index contributed by atoms with van der Waals surface area (Å²) in [5, 5.41) is 28.2. The van der Waals surface area contributed by atoms with Gasteiger partial charge in [-0.05, 0) is 70.2 Å². The number of aromatic nitrogens is 3. The first-order valence-electron chi connectivity index (χ1n) is 9.15. The van der Waals surface area contributed by atoms with Crippen LogP contribution in [0.5, 0.6) is 0 Å². The zero-order valence-corrected chi connectivity index (χ0v) is 19.5. The summed E-state index contributed by atoms with van der Waals surface area (Å²) in [5.74, 6) is 0.00353. The Morgan fingerprint density at radius 3 is 2.64 bits per heavy atom. The first-order chi connectivity index (χ1) is 15.8. The minimum atomic E-state index is -1.17. The molecule has 0 aliphatic heterocycles. The lowest BCUT2D eigenvalue weighted by molar-refractivity contribution is -0.384. The van der Waals surface area contributed by atoms with Crippen molar-refractivity contribution in [3.8, 4) is 22.7 Å². The maximum absolute atomic E-state index is 11.8. The Bertz CT molecular complexity index is 1380. The number of non-ortho nitro benzene ring substituents is 1. The highest BCUT2D eigenvalue weighted by Crippen LogP contribution is 2.34.